The van der Waals surface area contributed by atoms with Gasteiger partial charge in [0.2, 0.25) is 0 Å². The molecule has 0 radical (unpaired) electrons. The molecule has 0 saturated heterocycles. The molecule has 3 N–H and O–H groups in total. The molecular formula is C13H25NO3. The molecule has 0 aliphatic heterocycles. The summed E-state index contributed by atoms with van der Waals surface area (Å²) in [5.41, 5.74) is 5.87. The largest absolute Gasteiger partial charge is 0.461 e. The van der Waals surface area contributed by atoms with Crippen molar-refractivity contribution >= 4 is 5.97 Å². The molecule has 0 unspecified atom stereocenters. The van der Waals surface area contributed by atoms with Gasteiger partial charge in [-0.15, -0.1) is 0 Å². The normalized spacial score (nSPS) is 21.2. The first-order valence-electron chi connectivity index (χ1n) is 6.65. The Balaban J connectivity index is 2.34. The van der Waals surface area contributed by atoms with Crippen LogP contribution in [0.15, 0.2) is 0 Å². The highest BCUT2D eigenvalue weighted by Crippen LogP contribution is 2.27. The highest BCUT2D eigenvalue weighted by atomic mass is 16.6. The standard InChI is InChI=1S/C13H25NO3/c1-9(2)17-13(16)12(15)11(14)8-10-6-4-3-5-7-10/h9-12,15H,3-8,14H2,1-2H3/t11-,12-/m0/s1. The maximum Gasteiger partial charge on any atom is 0.336 e. The maximum absolute atomic E-state index is 11.5. The van der Waals surface area contributed by atoms with Crippen molar-refractivity contribution in [2.45, 2.75) is 70.6 Å². The Labute approximate surface area is 104 Å². The van der Waals surface area contributed by atoms with E-state index in [1.165, 1.54) is 32.1 Å². The molecule has 0 aromatic carbocycles. The molecule has 0 aromatic heterocycles. The van der Waals surface area contributed by atoms with E-state index in [4.69, 9.17) is 10.5 Å². The zero-order valence-electron chi connectivity index (χ0n) is 10.9. The summed E-state index contributed by atoms with van der Waals surface area (Å²) < 4.78 is 4.95. The van der Waals surface area contributed by atoms with Gasteiger partial charge in [-0.25, -0.2) is 4.79 Å². The lowest BCUT2D eigenvalue weighted by molar-refractivity contribution is -0.158. The maximum atomic E-state index is 11.5. The molecule has 0 aromatic rings. The molecule has 100 valence electrons. The van der Waals surface area contributed by atoms with Crippen LogP contribution in [0.5, 0.6) is 0 Å². The fourth-order valence-electron chi connectivity index (χ4n) is 2.41. The van der Waals surface area contributed by atoms with Crippen LogP contribution in [0.1, 0.15) is 52.4 Å². The summed E-state index contributed by atoms with van der Waals surface area (Å²) in [4.78, 5) is 11.5. The van der Waals surface area contributed by atoms with E-state index in [1.54, 1.807) is 13.8 Å². The molecule has 0 bridgehead atoms. The number of aliphatic hydroxyl groups excluding tert-OH is 1. The Hall–Kier alpha value is -0.610. The summed E-state index contributed by atoms with van der Waals surface area (Å²) >= 11 is 0. The van der Waals surface area contributed by atoms with Crippen molar-refractivity contribution in [3.63, 3.8) is 0 Å². The van der Waals surface area contributed by atoms with Gasteiger partial charge in [-0.3, -0.25) is 0 Å². The molecule has 2 atom stereocenters. The number of nitrogens with two attached hydrogens (primary N) is 1. The predicted molar refractivity (Wildman–Crippen MR) is 66.4 cm³/mol. The van der Waals surface area contributed by atoms with Gasteiger partial charge in [0.1, 0.15) is 0 Å². The molecule has 0 amide bonds. The third-order valence-corrected chi connectivity index (χ3v) is 3.33. The van der Waals surface area contributed by atoms with Crippen LogP contribution in [0.2, 0.25) is 0 Å². The Kier molecular flexibility index (Phi) is 5.92. The van der Waals surface area contributed by atoms with Gasteiger partial charge in [0.15, 0.2) is 6.10 Å². The predicted octanol–water partition coefficient (Wildman–Crippen LogP) is 1.60. The number of carbonyl (C=O) groups excluding carboxylic acids is 1. The van der Waals surface area contributed by atoms with Gasteiger partial charge in [0, 0.05) is 6.04 Å². The van der Waals surface area contributed by atoms with E-state index >= 15 is 0 Å². The third-order valence-electron chi connectivity index (χ3n) is 3.33. The Bertz CT molecular complexity index is 237. The van der Waals surface area contributed by atoms with E-state index in [9.17, 15) is 9.90 Å². The van der Waals surface area contributed by atoms with Crippen LogP contribution in [-0.2, 0) is 9.53 Å². The minimum absolute atomic E-state index is 0.209. The molecule has 1 rings (SSSR count). The fraction of sp³-hybridized carbons (Fsp3) is 0.923. The average molecular weight is 243 g/mol. The number of hydrogen-bond acceptors (Lipinski definition) is 4. The van der Waals surface area contributed by atoms with Crippen molar-refractivity contribution in [2.75, 3.05) is 0 Å². The van der Waals surface area contributed by atoms with Crippen molar-refractivity contribution in [3.8, 4) is 0 Å². The monoisotopic (exact) mass is 243 g/mol. The summed E-state index contributed by atoms with van der Waals surface area (Å²) in [5.74, 6) is -0.0384. The summed E-state index contributed by atoms with van der Waals surface area (Å²) in [7, 11) is 0. The third kappa shape index (κ3) is 5.04. The van der Waals surface area contributed by atoms with Crippen LogP contribution in [0.25, 0.3) is 0 Å². The lowest BCUT2D eigenvalue weighted by Crippen LogP contribution is -2.43. The van der Waals surface area contributed by atoms with E-state index in [0.717, 1.165) is 0 Å². The number of rotatable bonds is 5. The van der Waals surface area contributed by atoms with E-state index in [-0.39, 0.29) is 6.10 Å². The van der Waals surface area contributed by atoms with Crippen molar-refractivity contribution < 1.29 is 14.6 Å². The minimum atomic E-state index is -1.18. The van der Waals surface area contributed by atoms with Gasteiger partial charge >= 0.3 is 5.97 Å². The van der Waals surface area contributed by atoms with Gasteiger partial charge in [0.05, 0.1) is 6.10 Å². The number of ether oxygens (including phenoxy) is 1. The van der Waals surface area contributed by atoms with E-state index in [0.29, 0.717) is 12.3 Å². The Morgan fingerprint density at radius 1 is 1.35 bits per heavy atom. The molecule has 1 aliphatic carbocycles. The molecule has 1 fully saturated rings. The van der Waals surface area contributed by atoms with Crippen LogP contribution >= 0.6 is 0 Å². The van der Waals surface area contributed by atoms with Gasteiger partial charge in [-0.05, 0) is 26.2 Å². The highest BCUT2D eigenvalue weighted by Gasteiger charge is 2.28. The average Bonchev–Trinajstić information content (AvgIpc) is 2.28. The number of hydrogen-bond donors (Lipinski definition) is 2. The topological polar surface area (TPSA) is 72.5 Å². The molecule has 1 aliphatic rings. The summed E-state index contributed by atoms with van der Waals surface area (Å²) in [6.45, 7) is 3.52. The summed E-state index contributed by atoms with van der Waals surface area (Å²) in [6, 6.07) is -0.496. The van der Waals surface area contributed by atoms with Crippen LogP contribution in [-0.4, -0.2) is 29.3 Å². The van der Waals surface area contributed by atoms with Crippen molar-refractivity contribution in [1.82, 2.24) is 0 Å². The second kappa shape index (κ2) is 6.97. The minimum Gasteiger partial charge on any atom is -0.461 e. The van der Waals surface area contributed by atoms with Crippen molar-refractivity contribution in [2.24, 2.45) is 11.7 Å². The van der Waals surface area contributed by atoms with Gasteiger partial charge < -0.3 is 15.6 Å². The first-order valence-corrected chi connectivity index (χ1v) is 6.65. The van der Waals surface area contributed by atoms with Crippen LogP contribution in [0.3, 0.4) is 0 Å². The number of esters is 1. The Morgan fingerprint density at radius 3 is 2.47 bits per heavy atom. The van der Waals surface area contributed by atoms with E-state index < -0.39 is 18.1 Å². The number of carbonyl (C=O) groups is 1. The van der Waals surface area contributed by atoms with Crippen LogP contribution in [0.4, 0.5) is 0 Å². The first-order chi connectivity index (χ1) is 8.00. The van der Waals surface area contributed by atoms with Gasteiger partial charge in [0.25, 0.3) is 0 Å². The van der Waals surface area contributed by atoms with E-state index in [1.807, 2.05) is 0 Å². The molecule has 4 heteroatoms. The second-order valence-electron chi connectivity index (χ2n) is 5.33. The van der Waals surface area contributed by atoms with Gasteiger partial charge in [-0.2, -0.15) is 0 Å². The molecule has 1 saturated carbocycles. The van der Waals surface area contributed by atoms with E-state index in [2.05, 4.69) is 0 Å². The van der Waals surface area contributed by atoms with Crippen molar-refractivity contribution in [1.29, 1.82) is 0 Å². The molecule has 0 heterocycles. The zero-order valence-corrected chi connectivity index (χ0v) is 10.9. The van der Waals surface area contributed by atoms with Crippen LogP contribution < -0.4 is 5.73 Å². The molecule has 17 heavy (non-hydrogen) atoms. The van der Waals surface area contributed by atoms with Crippen LogP contribution in [0, 0.1) is 5.92 Å². The smallest absolute Gasteiger partial charge is 0.336 e. The zero-order chi connectivity index (χ0) is 12.8. The molecule has 0 spiro atoms. The second-order valence-corrected chi connectivity index (χ2v) is 5.33. The highest BCUT2D eigenvalue weighted by molar-refractivity contribution is 5.75. The quantitative estimate of drug-likeness (QED) is 0.719. The van der Waals surface area contributed by atoms with Crippen molar-refractivity contribution in [3.05, 3.63) is 0 Å². The lowest BCUT2D eigenvalue weighted by Gasteiger charge is -2.26. The summed E-state index contributed by atoms with van der Waals surface area (Å²) in [6.07, 6.45) is 5.43. The van der Waals surface area contributed by atoms with Gasteiger partial charge in [-0.1, -0.05) is 32.1 Å². The first kappa shape index (κ1) is 14.5. The number of aliphatic hydroxyl groups is 1. The molecule has 4 nitrogen and oxygen atoms in total. The fourth-order valence-corrected chi connectivity index (χ4v) is 2.41. The Morgan fingerprint density at radius 2 is 1.94 bits per heavy atom. The summed E-state index contributed by atoms with van der Waals surface area (Å²) in [5, 5.41) is 9.77. The SMILES string of the molecule is CC(C)OC(=O)[C@@H](O)[C@@H](N)CC1CCCCC1. The molecular weight excluding hydrogens is 218 g/mol. The lowest BCUT2D eigenvalue weighted by atomic mass is 9.84.